The molecule has 2 amide bonds. The Morgan fingerprint density at radius 2 is 2.12 bits per heavy atom. The zero-order valence-corrected chi connectivity index (χ0v) is 15.9. The van der Waals surface area contributed by atoms with E-state index in [0.717, 1.165) is 32.2 Å². The number of likely N-dealkylation sites (tertiary alicyclic amines) is 1. The fourth-order valence-corrected chi connectivity index (χ4v) is 3.17. The zero-order chi connectivity index (χ0) is 18.2. The highest BCUT2D eigenvalue weighted by Crippen LogP contribution is 2.28. The van der Waals surface area contributed by atoms with Gasteiger partial charge in [-0.05, 0) is 44.4 Å². The number of carbonyl (C=O) groups excluding carboxylic acids is 2. The number of ether oxygens (including phenoxy) is 1. The van der Waals surface area contributed by atoms with Gasteiger partial charge in [0, 0.05) is 31.1 Å². The molecule has 2 rings (SSSR count). The van der Waals surface area contributed by atoms with Crippen LogP contribution >= 0.6 is 23.2 Å². The largest absolute Gasteiger partial charge is 0.479 e. The van der Waals surface area contributed by atoms with E-state index in [0.29, 0.717) is 35.3 Å². The smallest absolute Gasteiger partial charge is 0.260 e. The molecule has 1 heterocycles. The van der Waals surface area contributed by atoms with Crippen LogP contribution in [-0.2, 0) is 9.59 Å². The Bertz CT molecular complexity index is 610. The summed E-state index contributed by atoms with van der Waals surface area (Å²) in [6, 6.07) is 4.87. The lowest BCUT2D eigenvalue weighted by molar-refractivity contribution is -0.130. The first-order valence-corrected chi connectivity index (χ1v) is 9.40. The number of carbonyl (C=O) groups is 2. The molecular formula is C18H24Cl2N2O3. The molecular weight excluding hydrogens is 363 g/mol. The Kier molecular flexibility index (Phi) is 7.85. The average molecular weight is 387 g/mol. The van der Waals surface area contributed by atoms with Crippen LogP contribution in [0.5, 0.6) is 5.75 Å². The van der Waals surface area contributed by atoms with Crippen LogP contribution in [-0.4, -0.2) is 42.5 Å². The van der Waals surface area contributed by atoms with E-state index in [-0.39, 0.29) is 11.8 Å². The number of rotatable bonds is 7. The summed E-state index contributed by atoms with van der Waals surface area (Å²) in [5.41, 5.74) is 0. The number of hydrogen-bond acceptors (Lipinski definition) is 3. The van der Waals surface area contributed by atoms with Gasteiger partial charge in [-0.1, -0.05) is 29.6 Å². The highest BCUT2D eigenvalue weighted by molar-refractivity contribution is 6.35. The van der Waals surface area contributed by atoms with E-state index in [2.05, 4.69) is 5.32 Å². The maximum atomic E-state index is 12.1. The Morgan fingerprint density at radius 3 is 2.88 bits per heavy atom. The summed E-state index contributed by atoms with van der Waals surface area (Å²) < 4.78 is 5.58. The van der Waals surface area contributed by atoms with E-state index in [1.165, 1.54) is 0 Å². The van der Waals surface area contributed by atoms with Crippen molar-refractivity contribution in [2.24, 2.45) is 0 Å². The van der Waals surface area contributed by atoms with Crippen molar-refractivity contribution in [1.29, 1.82) is 0 Å². The number of halogens is 2. The number of nitrogens with one attached hydrogen (secondary N) is 1. The van der Waals surface area contributed by atoms with Gasteiger partial charge in [0.05, 0.1) is 5.02 Å². The van der Waals surface area contributed by atoms with Gasteiger partial charge < -0.3 is 15.0 Å². The molecule has 5 nitrogen and oxygen atoms in total. The molecule has 1 unspecified atom stereocenters. The van der Waals surface area contributed by atoms with E-state index < -0.39 is 6.10 Å². The van der Waals surface area contributed by atoms with Gasteiger partial charge in [-0.15, -0.1) is 0 Å². The maximum Gasteiger partial charge on any atom is 0.260 e. The second-order valence-corrected chi connectivity index (χ2v) is 7.01. The van der Waals surface area contributed by atoms with Gasteiger partial charge in [-0.25, -0.2) is 0 Å². The number of benzene rings is 1. The van der Waals surface area contributed by atoms with Crippen molar-refractivity contribution in [3.63, 3.8) is 0 Å². The van der Waals surface area contributed by atoms with Crippen molar-refractivity contribution in [1.82, 2.24) is 10.2 Å². The second-order valence-electron chi connectivity index (χ2n) is 6.17. The molecule has 1 aromatic carbocycles. The average Bonchev–Trinajstić information content (AvgIpc) is 2.78. The number of hydrogen-bond donors (Lipinski definition) is 1. The van der Waals surface area contributed by atoms with Crippen molar-refractivity contribution < 1.29 is 14.3 Å². The molecule has 0 spiro atoms. The Labute approximate surface area is 158 Å². The van der Waals surface area contributed by atoms with Crippen LogP contribution in [0.3, 0.4) is 0 Å². The molecule has 7 heteroatoms. The molecule has 1 aromatic rings. The van der Waals surface area contributed by atoms with Gasteiger partial charge in [0.2, 0.25) is 5.91 Å². The van der Waals surface area contributed by atoms with Crippen LogP contribution in [0.25, 0.3) is 0 Å². The molecule has 1 atom stereocenters. The highest BCUT2D eigenvalue weighted by atomic mass is 35.5. The predicted octanol–water partition coefficient (Wildman–Crippen LogP) is 3.67. The fraction of sp³-hybridized carbons (Fsp3) is 0.556. The van der Waals surface area contributed by atoms with Crippen molar-refractivity contribution in [2.75, 3.05) is 19.6 Å². The Morgan fingerprint density at radius 1 is 1.32 bits per heavy atom. The number of nitrogens with zero attached hydrogens (tertiary/aromatic N) is 1. The molecule has 138 valence electrons. The quantitative estimate of drug-likeness (QED) is 0.727. The van der Waals surface area contributed by atoms with E-state index >= 15 is 0 Å². The van der Waals surface area contributed by atoms with Crippen molar-refractivity contribution in [3.8, 4) is 5.75 Å². The molecule has 25 heavy (non-hydrogen) atoms. The molecule has 0 aromatic heterocycles. The van der Waals surface area contributed by atoms with Crippen molar-refractivity contribution in [3.05, 3.63) is 28.2 Å². The summed E-state index contributed by atoms with van der Waals surface area (Å²) in [6.07, 6.45) is 3.85. The highest BCUT2D eigenvalue weighted by Gasteiger charge is 2.18. The molecule has 1 fully saturated rings. The van der Waals surface area contributed by atoms with Crippen LogP contribution in [0, 0.1) is 0 Å². The lowest BCUT2D eigenvalue weighted by Crippen LogP contribution is -2.38. The third-order valence-corrected chi connectivity index (χ3v) is 4.67. The van der Waals surface area contributed by atoms with Crippen molar-refractivity contribution >= 4 is 35.0 Å². The van der Waals surface area contributed by atoms with Crippen molar-refractivity contribution in [2.45, 2.75) is 45.1 Å². The van der Waals surface area contributed by atoms with Crippen LogP contribution in [0.2, 0.25) is 10.0 Å². The van der Waals surface area contributed by atoms with E-state index in [1.54, 1.807) is 25.1 Å². The summed E-state index contributed by atoms with van der Waals surface area (Å²) in [5.74, 6) is 0.426. The fourth-order valence-electron chi connectivity index (χ4n) is 2.71. The third kappa shape index (κ3) is 6.40. The molecule has 0 radical (unpaired) electrons. The van der Waals surface area contributed by atoms with Gasteiger partial charge in [0.15, 0.2) is 6.10 Å². The summed E-state index contributed by atoms with van der Waals surface area (Å²) in [7, 11) is 0. The first kappa shape index (κ1) is 19.9. The van der Waals surface area contributed by atoms with Gasteiger partial charge in [-0.3, -0.25) is 9.59 Å². The minimum Gasteiger partial charge on any atom is -0.479 e. The standard InChI is InChI=1S/C18H24Cl2N2O3/c1-13(25-16-8-7-14(19)12-15(16)20)18(24)21-9-5-11-22-10-4-2-3-6-17(22)23/h7-8,12-13H,2-6,9-11H2,1H3,(H,21,24). The summed E-state index contributed by atoms with van der Waals surface area (Å²) in [6.45, 7) is 3.67. The second kappa shape index (κ2) is 9.88. The monoisotopic (exact) mass is 386 g/mol. The predicted molar refractivity (Wildman–Crippen MR) is 99.2 cm³/mol. The lowest BCUT2D eigenvalue weighted by Gasteiger charge is -2.21. The van der Waals surface area contributed by atoms with Crippen LogP contribution in [0.15, 0.2) is 18.2 Å². The van der Waals surface area contributed by atoms with E-state index in [1.807, 2.05) is 4.90 Å². The summed E-state index contributed by atoms with van der Waals surface area (Å²) >= 11 is 11.9. The molecule has 0 aliphatic carbocycles. The third-order valence-electron chi connectivity index (χ3n) is 4.14. The Hall–Kier alpha value is -1.46. The molecule has 1 aliphatic rings. The number of amides is 2. The Balaban J connectivity index is 1.71. The van der Waals surface area contributed by atoms with Crippen LogP contribution in [0.4, 0.5) is 0 Å². The van der Waals surface area contributed by atoms with E-state index in [9.17, 15) is 9.59 Å². The van der Waals surface area contributed by atoms with Gasteiger partial charge in [0.1, 0.15) is 5.75 Å². The molecule has 1 saturated heterocycles. The minimum atomic E-state index is -0.668. The summed E-state index contributed by atoms with van der Waals surface area (Å²) in [5, 5.41) is 3.71. The van der Waals surface area contributed by atoms with Gasteiger partial charge in [-0.2, -0.15) is 0 Å². The SMILES string of the molecule is CC(Oc1ccc(Cl)cc1Cl)C(=O)NCCCN1CCCCCC1=O. The first-order valence-electron chi connectivity index (χ1n) is 8.64. The topological polar surface area (TPSA) is 58.6 Å². The first-order chi connectivity index (χ1) is 12.0. The molecule has 1 aliphatic heterocycles. The zero-order valence-electron chi connectivity index (χ0n) is 14.4. The van der Waals surface area contributed by atoms with Crippen LogP contribution < -0.4 is 10.1 Å². The molecule has 1 N–H and O–H groups in total. The minimum absolute atomic E-state index is 0.215. The molecule has 0 saturated carbocycles. The van der Waals surface area contributed by atoms with Crippen LogP contribution in [0.1, 0.15) is 39.0 Å². The summed E-state index contributed by atoms with van der Waals surface area (Å²) in [4.78, 5) is 25.9. The molecule has 0 bridgehead atoms. The van der Waals surface area contributed by atoms with Gasteiger partial charge >= 0.3 is 0 Å². The van der Waals surface area contributed by atoms with Gasteiger partial charge in [0.25, 0.3) is 5.91 Å². The van der Waals surface area contributed by atoms with E-state index in [4.69, 9.17) is 27.9 Å². The normalized spacial score (nSPS) is 16.3. The lowest BCUT2D eigenvalue weighted by atomic mass is 10.2. The maximum absolute atomic E-state index is 12.1.